The molecule has 2 heterocycles. The highest BCUT2D eigenvalue weighted by molar-refractivity contribution is 7.99. The van der Waals surface area contributed by atoms with Crippen LogP contribution in [0.4, 0.5) is 4.39 Å². The lowest BCUT2D eigenvalue weighted by molar-refractivity contribution is -0.132. The van der Waals surface area contributed by atoms with Gasteiger partial charge in [-0.3, -0.25) is 4.79 Å². The summed E-state index contributed by atoms with van der Waals surface area (Å²) < 4.78 is 39.7. The van der Waals surface area contributed by atoms with Gasteiger partial charge in [-0.05, 0) is 55.0 Å². The lowest BCUT2D eigenvalue weighted by atomic mass is 10.1. The predicted octanol–water partition coefficient (Wildman–Crippen LogP) is 4.40. The Bertz CT molecular complexity index is 1080. The van der Waals surface area contributed by atoms with Crippen molar-refractivity contribution in [3.8, 4) is 11.3 Å². The molecule has 1 aliphatic carbocycles. The monoisotopic (exact) mass is 493 g/mol. The Morgan fingerprint density at radius 3 is 2.48 bits per heavy atom. The number of rotatable bonds is 8. The van der Waals surface area contributed by atoms with Crippen LogP contribution in [0.2, 0.25) is 0 Å². The number of thioether (sulfide) groups is 1. The molecular formula is C24H32FN3O3S2. The first kappa shape index (κ1) is 24.3. The number of carbonyl (C=O) groups excluding carboxylic acids is 1. The van der Waals surface area contributed by atoms with Gasteiger partial charge in [-0.25, -0.2) is 17.8 Å². The molecule has 1 atom stereocenters. The summed E-state index contributed by atoms with van der Waals surface area (Å²) in [6, 6.07) is 6.29. The predicted molar refractivity (Wildman–Crippen MR) is 129 cm³/mol. The molecule has 6 nitrogen and oxygen atoms in total. The number of nitrogens with zero attached hydrogens (tertiary/aromatic N) is 3. The van der Waals surface area contributed by atoms with Crippen molar-refractivity contribution in [3.63, 3.8) is 0 Å². The zero-order valence-corrected chi connectivity index (χ0v) is 20.9. The van der Waals surface area contributed by atoms with E-state index in [4.69, 9.17) is 0 Å². The Kier molecular flexibility index (Phi) is 7.48. The van der Waals surface area contributed by atoms with Crippen molar-refractivity contribution in [1.82, 2.24) is 14.5 Å². The first-order valence-corrected chi connectivity index (χ1v) is 14.5. The number of sulfone groups is 1. The van der Waals surface area contributed by atoms with E-state index in [2.05, 4.69) is 23.4 Å². The number of amides is 1. The second-order valence-corrected chi connectivity index (χ2v) is 12.7. The highest BCUT2D eigenvalue weighted by Crippen LogP contribution is 2.32. The van der Waals surface area contributed by atoms with Crippen LogP contribution in [0, 0.1) is 11.7 Å². The summed E-state index contributed by atoms with van der Waals surface area (Å²) in [4.78, 5) is 19.9. The van der Waals surface area contributed by atoms with Crippen LogP contribution in [0.25, 0.3) is 11.3 Å². The molecule has 2 aliphatic rings. The van der Waals surface area contributed by atoms with Crippen LogP contribution in [0.15, 0.2) is 35.6 Å². The van der Waals surface area contributed by atoms with E-state index in [1.807, 2.05) is 4.90 Å². The largest absolute Gasteiger partial charge is 0.335 e. The number of hydrogen-bond donors (Lipinski definition) is 0. The van der Waals surface area contributed by atoms with E-state index in [0.717, 1.165) is 48.6 Å². The summed E-state index contributed by atoms with van der Waals surface area (Å²) in [6.45, 7) is 4.98. The molecule has 0 spiro atoms. The molecule has 180 valence electrons. The minimum Gasteiger partial charge on any atom is -0.335 e. The van der Waals surface area contributed by atoms with Crippen LogP contribution in [-0.2, 0) is 21.2 Å². The molecule has 2 fully saturated rings. The molecule has 0 N–H and O–H groups in total. The summed E-state index contributed by atoms with van der Waals surface area (Å²) in [6.07, 6.45) is 6.38. The van der Waals surface area contributed by atoms with Crippen molar-refractivity contribution in [2.45, 2.75) is 69.7 Å². The summed E-state index contributed by atoms with van der Waals surface area (Å²) in [5, 5.41) is 0.752. The maximum atomic E-state index is 13.4. The lowest BCUT2D eigenvalue weighted by Crippen LogP contribution is -2.47. The van der Waals surface area contributed by atoms with E-state index in [9.17, 15) is 17.6 Å². The topological polar surface area (TPSA) is 72.3 Å². The van der Waals surface area contributed by atoms with Crippen LogP contribution >= 0.6 is 11.8 Å². The van der Waals surface area contributed by atoms with Gasteiger partial charge in [-0.2, -0.15) is 0 Å². The second kappa shape index (κ2) is 10.2. The standard InChI is InChI=1S/C24H32FN3O3S2/c1-17(2)14-27-22(18-7-9-19(25)10-8-18)13-26-24(27)32-15-23(29)28(20-5-3-4-6-20)21-11-12-33(30,31)16-21/h7-10,13,17,20-21H,3-6,11-12,14-16H2,1-2H3/t21-/m0/s1. The van der Waals surface area contributed by atoms with Crippen LogP contribution < -0.4 is 0 Å². The van der Waals surface area contributed by atoms with Gasteiger partial charge in [0.05, 0.1) is 29.1 Å². The normalized spacial score (nSPS) is 20.5. The molecule has 1 saturated heterocycles. The van der Waals surface area contributed by atoms with Gasteiger partial charge in [-0.15, -0.1) is 0 Å². The SMILES string of the molecule is CC(C)Cn1c(-c2ccc(F)cc2)cnc1SCC(=O)N(C1CCCC1)[C@H]1CCS(=O)(=O)C1. The third-order valence-corrected chi connectivity index (χ3v) is 9.16. The Hall–Kier alpha value is -1.87. The number of imidazole rings is 1. The number of benzene rings is 1. The molecular weight excluding hydrogens is 461 g/mol. The van der Waals surface area contributed by atoms with E-state index < -0.39 is 9.84 Å². The third kappa shape index (κ3) is 5.80. The molecule has 1 amide bonds. The minimum absolute atomic E-state index is 0.00331. The van der Waals surface area contributed by atoms with Crippen molar-refractivity contribution in [3.05, 3.63) is 36.3 Å². The molecule has 1 aromatic carbocycles. The molecule has 1 aliphatic heterocycles. The molecule has 0 bridgehead atoms. The van der Waals surface area contributed by atoms with E-state index in [-0.39, 0.29) is 41.1 Å². The average Bonchev–Trinajstić information content (AvgIpc) is 3.49. The first-order chi connectivity index (χ1) is 15.7. The van der Waals surface area contributed by atoms with Gasteiger partial charge in [0.1, 0.15) is 5.82 Å². The highest BCUT2D eigenvalue weighted by Gasteiger charge is 2.39. The number of carbonyl (C=O) groups is 1. The van der Waals surface area contributed by atoms with E-state index in [1.54, 1.807) is 18.3 Å². The second-order valence-electron chi connectivity index (χ2n) is 9.52. The van der Waals surface area contributed by atoms with Gasteiger partial charge in [0, 0.05) is 18.6 Å². The smallest absolute Gasteiger partial charge is 0.233 e. The van der Waals surface area contributed by atoms with E-state index in [1.165, 1.54) is 23.9 Å². The molecule has 9 heteroatoms. The molecule has 1 aromatic heterocycles. The molecule has 4 rings (SSSR count). The quantitative estimate of drug-likeness (QED) is 0.510. The van der Waals surface area contributed by atoms with Gasteiger partial charge in [0.2, 0.25) is 5.91 Å². The van der Waals surface area contributed by atoms with Gasteiger partial charge in [0.25, 0.3) is 0 Å². The Labute approximate surface area is 199 Å². The van der Waals surface area contributed by atoms with Gasteiger partial charge < -0.3 is 9.47 Å². The maximum absolute atomic E-state index is 13.4. The average molecular weight is 494 g/mol. The third-order valence-electron chi connectivity index (χ3n) is 6.44. The number of aromatic nitrogens is 2. The number of halogens is 1. The maximum Gasteiger partial charge on any atom is 0.233 e. The molecule has 2 aromatic rings. The van der Waals surface area contributed by atoms with Crippen molar-refractivity contribution in [2.75, 3.05) is 17.3 Å². The van der Waals surface area contributed by atoms with Crippen LogP contribution in [-0.4, -0.2) is 58.1 Å². The van der Waals surface area contributed by atoms with Crippen molar-refractivity contribution in [2.24, 2.45) is 5.92 Å². The fourth-order valence-corrected chi connectivity index (χ4v) is 7.52. The molecule has 1 saturated carbocycles. The van der Waals surface area contributed by atoms with Gasteiger partial charge >= 0.3 is 0 Å². The highest BCUT2D eigenvalue weighted by atomic mass is 32.2. The molecule has 0 unspecified atom stereocenters. The summed E-state index contributed by atoms with van der Waals surface area (Å²) in [5.74, 6) is 0.557. The Morgan fingerprint density at radius 1 is 1.18 bits per heavy atom. The minimum atomic E-state index is -3.07. The fraction of sp³-hybridized carbons (Fsp3) is 0.583. The van der Waals surface area contributed by atoms with Gasteiger partial charge in [-0.1, -0.05) is 38.5 Å². The van der Waals surface area contributed by atoms with Crippen molar-refractivity contribution >= 4 is 27.5 Å². The van der Waals surface area contributed by atoms with Crippen LogP contribution in [0.1, 0.15) is 46.0 Å². The summed E-state index contributed by atoms with van der Waals surface area (Å²) >= 11 is 1.40. The first-order valence-electron chi connectivity index (χ1n) is 11.7. The van der Waals surface area contributed by atoms with E-state index >= 15 is 0 Å². The van der Waals surface area contributed by atoms with Crippen LogP contribution in [0.5, 0.6) is 0 Å². The van der Waals surface area contributed by atoms with Gasteiger partial charge in [0.15, 0.2) is 15.0 Å². The Morgan fingerprint density at radius 2 is 1.88 bits per heavy atom. The van der Waals surface area contributed by atoms with Crippen LogP contribution in [0.3, 0.4) is 0 Å². The fourth-order valence-electron chi connectivity index (χ4n) is 4.95. The van der Waals surface area contributed by atoms with Crippen molar-refractivity contribution < 1.29 is 17.6 Å². The summed E-state index contributed by atoms with van der Waals surface area (Å²) in [7, 11) is -3.07. The van der Waals surface area contributed by atoms with E-state index in [0.29, 0.717) is 12.3 Å². The molecule has 33 heavy (non-hydrogen) atoms. The number of hydrogen-bond acceptors (Lipinski definition) is 5. The van der Waals surface area contributed by atoms with Crippen molar-refractivity contribution in [1.29, 1.82) is 0 Å². The lowest BCUT2D eigenvalue weighted by Gasteiger charge is -2.34. The molecule has 0 radical (unpaired) electrons. The zero-order valence-electron chi connectivity index (χ0n) is 19.2. The zero-order chi connectivity index (χ0) is 23.6. The summed E-state index contributed by atoms with van der Waals surface area (Å²) in [5.41, 5.74) is 1.78. The Balaban J connectivity index is 1.53.